The van der Waals surface area contributed by atoms with Gasteiger partial charge in [0.25, 0.3) is 0 Å². The molecule has 0 spiro atoms. The molecule has 0 saturated carbocycles. The summed E-state index contributed by atoms with van der Waals surface area (Å²) in [6, 6.07) is 12.8. The Labute approximate surface area is 329 Å². The molecule has 0 saturated heterocycles. The zero-order valence-electron chi connectivity index (χ0n) is 31.5. The van der Waals surface area contributed by atoms with Crippen molar-refractivity contribution in [2.45, 2.75) is 50.1 Å². The van der Waals surface area contributed by atoms with Crippen molar-refractivity contribution in [1.82, 2.24) is 16.0 Å². The Balaban J connectivity index is 1.52. The predicted molar refractivity (Wildman–Crippen MR) is 203 cm³/mol. The molecule has 1 aliphatic rings. The highest BCUT2D eigenvalue weighted by molar-refractivity contribution is 6.25. The maximum Gasteiger partial charge on any atom is 0.407 e. The van der Waals surface area contributed by atoms with E-state index in [1.807, 2.05) is 48.5 Å². The molecule has 18 heteroatoms. The van der Waals surface area contributed by atoms with Gasteiger partial charge in [-0.25, -0.2) is 4.79 Å². The van der Waals surface area contributed by atoms with Crippen LogP contribution in [0.1, 0.15) is 49.1 Å². The number of ether oxygens (including phenoxy) is 5. The number of carbonyl (C=O) groups is 6. The minimum absolute atomic E-state index is 0.0265. The summed E-state index contributed by atoms with van der Waals surface area (Å²) >= 11 is 0. The number of alkyl carbamates (subject to hydrolysis) is 1. The van der Waals surface area contributed by atoms with E-state index in [-0.39, 0.29) is 103 Å². The molecule has 304 valence electrons. The van der Waals surface area contributed by atoms with Gasteiger partial charge in [-0.05, 0) is 35.1 Å². The third-order valence-corrected chi connectivity index (χ3v) is 8.45. The summed E-state index contributed by atoms with van der Waals surface area (Å²) < 4.78 is 26.6. The van der Waals surface area contributed by atoms with Crippen LogP contribution in [-0.2, 0) is 47.7 Å². The molecule has 0 radical (unpaired) electrons. The molecule has 0 aromatic heterocycles. The van der Waals surface area contributed by atoms with Crippen molar-refractivity contribution in [2.24, 2.45) is 0 Å². The number of carbonyl (C=O) groups excluding carboxylic acids is 6. The average Bonchev–Trinajstić information content (AvgIpc) is 3.53. The van der Waals surface area contributed by atoms with Crippen molar-refractivity contribution >= 4 is 47.9 Å². The number of nitrogens with zero attached hydrogens (tertiary/aromatic N) is 4. The lowest BCUT2D eigenvalue weighted by atomic mass is 9.98. The van der Waals surface area contributed by atoms with Crippen molar-refractivity contribution in [3.8, 4) is 11.1 Å². The first kappa shape index (κ1) is 45.2. The van der Waals surface area contributed by atoms with Crippen LogP contribution in [-0.4, -0.2) is 129 Å². The smallest absolute Gasteiger partial charge is 0.407 e. The van der Waals surface area contributed by atoms with E-state index in [0.29, 0.717) is 12.4 Å². The van der Waals surface area contributed by atoms with E-state index in [0.717, 1.165) is 22.3 Å². The first-order valence-electron chi connectivity index (χ1n) is 18.3. The fourth-order valence-electron chi connectivity index (χ4n) is 5.71. The Bertz CT molecular complexity index is 1760. The van der Waals surface area contributed by atoms with Crippen molar-refractivity contribution in [1.29, 1.82) is 0 Å². The Morgan fingerprint density at radius 3 is 1.77 bits per heavy atom. The Hall–Kier alpha value is -6.16. The van der Waals surface area contributed by atoms with E-state index in [2.05, 4.69) is 32.1 Å². The summed E-state index contributed by atoms with van der Waals surface area (Å²) in [5.41, 5.74) is 21.5. The number of rotatable bonds is 28. The average molecular weight is 790 g/mol. The molecule has 3 rings (SSSR count). The second kappa shape index (κ2) is 25.8. The summed E-state index contributed by atoms with van der Waals surface area (Å²) in [4.78, 5) is 80.9. The first-order valence-corrected chi connectivity index (χ1v) is 18.3. The Morgan fingerprint density at radius 2 is 1.21 bits per heavy atom. The molecule has 0 aliphatic heterocycles. The lowest BCUT2D eigenvalue weighted by Gasteiger charge is -2.23. The molecule has 18 nitrogen and oxygen atoms in total. The van der Waals surface area contributed by atoms with Gasteiger partial charge in [0.1, 0.15) is 25.3 Å². The van der Waals surface area contributed by atoms with Gasteiger partial charge in [-0.3, -0.25) is 24.0 Å². The van der Waals surface area contributed by atoms with Gasteiger partial charge in [-0.2, -0.15) is 9.58 Å². The molecular weight excluding hydrogens is 742 g/mol. The van der Waals surface area contributed by atoms with Gasteiger partial charge < -0.3 is 50.7 Å². The van der Waals surface area contributed by atoms with Crippen molar-refractivity contribution in [2.75, 3.05) is 59.4 Å². The number of esters is 1. The van der Waals surface area contributed by atoms with Gasteiger partial charge in [-0.1, -0.05) is 61.2 Å². The van der Waals surface area contributed by atoms with Crippen LogP contribution in [0.15, 0.2) is 61.2 Å². The van der Waals surface area contributed by atoms with Crippen LogP contribution in [0.4, 0.5) is 4.79 Å². The van der Waals surface area contributed by atoms with Gasteiger partial charge in [0.15, 0.2) is 0 Å². The van der Waals surface area contributed by atoms with Crippen molar-refractivity contribution in [3.63, 3.8) is 0 Å². The Kier molecular flexibility index (Phi) is 20.5. The van der Waals surface area contributed by atoms with Crippen molar-refractivity contribution in [3.05, 3.63) is 83.4 Å². The van der Waals surface area contributed by atoms with Gasteiger partial charge in [0.2, 0.25) is 23.4 Å². The summed E-state index contributed by atoms with van der Waals surface area (Å²) in [5.74, 6) is -3.44. The summed E-state index contributed by atoms with van der Waals surface area (Å²) in [5, 5.41) is 7.61. The molecule has 57 heavy (non-hydrogen) atoms. The van der Waals surface area contributed by atoms with Crippen LogP contribution < -0.4 is 16.0 Å². The van der Waals surface area contributed by atoms with Crippen molar-refractivity contribution < 1.29 is 62.0 Å². The fraction of sp³-hybridized carbons (Fsp3) is 0.436. The van der Waals surface area contributed by atoms with Crippen LogP contribution in [0.5, 0.6) is 0 Å². The van der Waals surface area contributed by atoms with Gasteiger partial charge in [0, 0.05) is 25.3 Å². The number of amides is 3. The van der Waals surface area contributed by atoms with Crippen LogP contribution in [0.2, 0.25) is 0 Å². The van der Waals surface area contributed by atoms with E-state index in [1.165, 1.54) is 6.08 Å². The van der Waals surface area contributed by atoms with Gasteiger partial charge in [-0.15, -0.1) is 0 Å². The number of hydrogen-bond donors (Lipinski definition) is 3. The maximum absolute atomic E-state index is 13.6. The number of Topliss-reactive ketones (excluding diaryl/α,β-unsaturated/α-hetero) is 2. The topological polar surface area (TPSA) is 257 Å². The molecule has 2 atom stereocenters. The zero-order valence-corrected chi connectivity index (χ0v) is 31.5. The third kappa shape index (κ3) is 16.2. The minimum atomic E-state index is -1.38. The second-order valence-electron chi connectivity index (χ2n) is 12.4. The number of nitrogens with one attached hydrogen (secondary N) is 3. The standard InChI is InChI=1S/C39H47N7O11/c1-2-17-56-36(49)15-18-53-20-22-55-23-21-54-19-16-42-37(50)34(13-11-27(47)24-43-40)45-38(51)35(14-12-28(48)25-44-41)46-39(52)57-26-33-31-9-5-3-7-29(31)30-8-4-6-10-32(30)33/h2-10,24-25,33-35H,1,11-23,26H2,(H,42,50)(H,45,51)(H,46,52)/t34-,35-/m0/s1. The van der Waals surface area contributed by atoms with E-state index in [4.69, 9.17) is 34.7 Å². The lowest BCUT2D eigenvalue weighted by Crippen LogP contribution is -2.54. The molecule has 3 amide bonds. The third-order valence-electron chi connectivity index (χ3n) is 8.45. The molecule has 3 N–H and O–H groups in total. The minimum Gasteiger partial charge on any atom is -0.461 e. The molecule has 2 aromatic rings. The quantitative estimate of drug-likeness (QED) is 0.0280. The van der Waals surface area contributed by atoms with Gasteiger partial charge in [0.05, 0.1) is 46.1 Å². The molecule has 0 unspecified atom stereocenters. The van der Waals surface area contributed by atoms with Gasteiger partial charge >= 0.3 is 24.5 Å². The van der Waals surface area contributed by atoms with E-state index >= 15 is 0 Å². The molecule has 0 fully saturated rings. The molecular formula is C39H47N7O11. The Morgan fingerprint density at radius 1 is 0.684 bits per heavy atom. The zero-order chi connectivity index (χ0) is 41.3. The predicted octanol–water partition coefficient (Wildman–Crippen LogP) is 1.96. The molecule has 0 heterocycles. The fourth-order valence-corrected chi connectivity index (χ4v) is 5.71. The monoisotopic (exact) mass is 789 g/mol. The molecule has 2 aromatic carbocycles. The summed E-state index contributed by atoms with van der Waals surface area (Å²) in [6.45, 7) is 4.81. The highest BCUT2D eigenvalue weighted by atomic mass is 16.6. The van der Waals surface area contributed by atoms with E-state index in [9.17, 15) is 28.8 Å². The SMILES string of the molecule is C=CCOC(=O)CCOCCOCCOCCNC(=O)[C@H](CCC(=O)C=[N+]=[N-])NC(=O)[C@H](CCC(=O)C=[N+]=[N-])NC(=O)OCC1c2ccccc2-c2ccccc21. The number of hydrogen-bond acceptors (Lipinski definition) is 11. The summed E-state index contributed by atoms with van der Waals surface area (Å²) in [7, 11) is 0. The highest BCUT2D eigenvalue weighted by Gasteiger charge is 2.31. The maximum atomic E-state index is 13.6. The van der Waals surface area contributed by atoms with E-state index in [1.54, 1.807) is 0 Å². The van der Waals surface area contributed by atoms with Crippen LogP contribution in [0, 0.1) is 0 Å². The highest BCUT2D eigenvalue weighted by Crippen LogP contribution is 2.44. The van der Waals surface area contributed by atoms with Crippen LogP contribution in [0.25, 0.3) is 22.2 Å². The largest absolute Gasteiger partial charge is 0.461 e. The lowest BCUT2D eigenvalue weighted by molar-refractivity contribution is -0.143. The molecule has 0 bridgehead atoms. The van der Waals surface area contributed by atoms with E-state index < -0.39 is 41.6 Å². The van der Waals surface area contributed by atoms with Crippen LogP contribution in [0.3, 0.4) is 0 Å². The van der Waals surface area contributed by atoms with Crippen LogP contribution >= 0.6 is 0 Å². The second-order valence-corrected chi connectivity index (χ2v) is 12.4. The normalized spacial score (nSPS) is 12.3. The molecule has 1 aliphatic carbocycles. The summed E-state index contributed by atoms with van der Waals surface area (Å²) in [6.07, 6.45) is 0.904. The number of fused-ring (bicyclic) bond motifs is 3. The first-order chi connectivity index (χ1) is 27.7. The number of benzene rings is 2. The number of ketones is 2.